The smallest absolute Gasteiger partial charge is 0.320 e. The van der Waals surface area contributed by atoms with Crippen molar-refractivity contribution in [2.75, 3.05) is 32.2 Å². The van der Waals surface area contributed by atoms with Crippen LogP contribution in [0.2, 0.25) is 0 Å². The van der Waals surface area contributed by atoms with Crippen LogP contribution in [0.15, 0.2) is 24.3 Å². The molecule has 0 saturated heterocycles. The number of benzene rings is 1. The van der Waals surface area contributed by atoms with Crippen molar-refractivity contribution >= 4 is 17.6 Å². The standard InChI is InChI=1S/C16H23NO5/c1-4-21-15(18)14(16(19)22-5-2)10-11-17-12-6-8-13(20-3)9-7-12/h6-9,14,17H,4-5,10-11H2,1-3H3. The Balaban J connectivity index is 2.54. The van der Waals surface area contributed by atoms with Crippen LogP contribution in [0.1, 0.15) is 20.3 Å². The van der Waals surface area contributed by atoms with Gasteiger partial charge in [-0.05, 0) is 44.5 Å². The van der Waals surface area contributed by atoms with Gasteiger partial charge in [0.25, 0.3) is 0 Å². The van der Waals surface area contributed by atoms with E-state index in [9.17, 15) is 9.59 Å². The number of esters is 2. The fourth-order valence-electron chi connectivity index (χ4n) is 1.89. The van der Waals surface area contributed by atoms with Crippen molar-refractivity contribution in [1.82, 2.24) is 0 Å². The van der Waals surface area contributed by atoms with E-state index in [1.807, 2.05) is 24.3 Å². The van der Waals surface area contributed by atoms with Gasteiger partial charge in [-0.25, -0.2) is 0 Å². The zero-order valence-electron chi connectivity index (χ0n) is 13.3. The van der Waals surface area contributed by atoms with Crippen LogP contribution in [0.5, 0.6) is 5.75 Å². The molecule has 0 saturated carbocycles. The summed E-state index contributed by atoms with van der Waals surface area (Å²) in [6, 6.07) is 7.39. The number of carbonyl (C=O) groups excluding carboxylic acids is 2. The highest BCUT2D eigenvalue weighted by atomic mass is 16.6. The summed E-state index contributed by atoms with van der Waals surface area (Å²) in [5.41, 5.74) is 0.882. The minimum Gasteiger partial charge on any atom is -0.497 e. The molecule has 1 rings (SSSR count). The van der Waals surface area contributed by atoms with Gasteiger partial charge in [0, 0.05) is 12.2 Å². The van der Waals surface area contributed by atoms with Gasteiger partial charge in [-0.2, -0.15) is 0 Å². The fourth-order valence-corrected chi connectivity index (χ4v) is 1.89. The number of anilines is 1. The van der Waals surface area contributed by atoms with Gasteiger partial charge in [0.15, 0.2) is 5.92 Å². The van der Waals surface area contributed by atoms with Crippen LogP contribution < -0.4 is 10.1 Å². The van der Waals surface area contributed by atoms with E-state index in [2.05, 4.69) is 5.32 Å². The van der Waals surface area contributed by atoms with Crippen LogP contribution in [-0.4, -0.2) is 38.8 Å². The molecule has 0 spiro atoms. The molecule has 0 heterocycles. The van der Waals surface area contributed by atoms with Gasteiger partial charge in [0.2, 0.25) is 0 Å². The first kappa shape index (κ1) is 17.8. The van der Waals surface area contributed by atoms with Gasteiger partial charge in [-0.3, -0.25) is 9.59 Å². The quantitative estimate of drug-likeness (QED) is 0.557. The summed E-state index contributed by atoms with van der Waals surface area (Å²) in [6.45, 7) is 4.33. The minimum atomic E-state index is -0.898. The average Bonchev–Trinajstić information content (AvgIpc) is 2.52. The lowest BCUT2D eigenvalue weighted by Gasteiger charge is -2.15. The molecule has 0 atom stereocenters. The molecule has 22 heavy (non-hydrogen) atoms. The summed E-state index contributed by atoms with van der Waals surface area (Å²) in [4.78, 5) is 23.6. The van der Waals surface area contributed by atoms with E-state index in [1.165, 1.54) is 0 Å². The van der Waals surface area contributed by atoms with Gasteiger partial charge in [-0.15, -0.1) is 0 Å². The van der Waals surface area contributed by atoms with Crippen LogP contribution in [0.4, 0.5) is 5.69 Å². The third-order valence-electron chi connectivity index (χ3n) is 2.99. The zero-order chi connectivity index (χ0) is 16.4. The zero-order valence-corrected chi connectivity index (χ0v) is 13.3. The molecule has 0 aliphatic rings. The van der Waals surface area contributed by atoms with Gasteiger partial charge in [0.1, 0.15) is 5.75 Å². The maximum absolute atomic E-state index is 11.8. The summed E-state index contributed by atoms with van der Waals surface area (Å²) >= 11 is 0. The molecular formula is C16H23NO5. The Hall–Kier alpha value is -2.24. The minimum absolute atomic E-state index is 0.237. The number of rotatable bonds is 9. The first-order valence-electron chi connectivity index (χ1n) is 7.33. The molecule has 1 aromatic carbocycles. The van der Waals surface area contributed by atoms with E-state index >= 15 is 0 Å². The van der Waals surface area contributed by atoms with Crippen molar-refractivity contribution in [2.45, 2.75) is 20.3 Å². The van der Waals surface area contributed by atoms with Crippen LogP contribution in [-0.2, 0) is 19.1 Å². The first-order valence-corrected chi connectivity index (χ1v) is 7.33. The van der Waals surface area contributed by atoms with E-state index < -0.39 is 17.9 Å². The fraction of sp³-hybridized carbons (Fsp3) is 0.500. The first-order chi connectivity index (χ1) is 10.6. The van der Waals surface area contributed by atoms with Gasteiger partial charge < -0.3 is 19.5 Å². The number of hydrogen-bond acceptors (Lipinski definition) is 6. The van der Waals surface area contributed by atoms with E-state index in [4.69, 9.17) is 14.2 Å². The average molecular weight is 309 g/mol. The molecule has 1 aromatic rings. The second-order valence-corrected chi connectivity index (χ2v) is 4.50. The summed E-state index contributed by atoms with van der Waals surface area (Å²) in [7, 11) is 1.60. The molecule has 122 valence electrons. The molecule has 0 unspecified atom stereocenters. The maximum atomic E-state index is 11.8. The Morgan fingerprint density at radius 3 is 2.05 bits per heavy atom. The molecule has 0 aliphatic heterocycles. The van der Waals surface area contributed by atoms with Crippen LogP contribution in [0.3, 0.4) is 0 Å². The van der Waals surface area contributed by atoms with Gasteiger partial charge in [0.05, 0.1) is 20.3 Å². The molecule has 0 radical (unpaired) electrons. The highest BCUT2D eigenvalue weighted by molar-refractivity contribution is 5.94. The normalized spacial score (nSPS) is 10.2. The molecular weight excluding hydrogens is 286 g/mol. The molecule has 6 heteroatoms. The predicted molar refractivity (Wildman–Crippen MR) is 82.9 cm³/mol. The molecule has 0 bridgehead atoms. The number of methoxy groups -OCH3 is 1. The molecule has 1 N–H and O–H groups in total. The predicted octanol–water partition coefficient (Wildman–Crippen LogP) is 2.24. The Morgan fingerprint density at radius 1 is 1.05 bits per heavy atom. The Labute approximate surface area is 130 Å². The van der Waals surface area contributed by atoms with Crippen molar-refractivity contribution in [2.24, 2.45) is 5.92 Å². The lowest BCUT2D eigenvalue weighted by atomic mass is 10.1. The highest BCUT2D eigenvalue weighted by Crippen LogP contribution is 2.16. The third-order valence-corrected chi connectivity index (χ3v) is 2.99. The summed E-state index contributed by atoms with van der Waals surface area (Å²) in [5, 5.41) is 3.15. The number of nitrogens with one attached hydrogen (secondary N) is 1. The largest absolute Gasteiger partial charge is 0.497 e. The summed E-state index contributed by atoms with van der Waals surface area (Å²) in [5.74, 6) is -1.22. The topological polar surface area (TPSA) is 73.9 Å². The number of carbonyl (C=O) groups is 2. The maximum Gasteiger partial charge on any atom is 0.320 e. The van der Waals surface area contributed by atoms with Crippen molar-refractivity contribution in [3.05, 3.63) is 24.3 Å². The van der Waals surface area contributed by atoms with Gasteiger partial charge >= 0.3 is 11.9 Å². The highest BCUT2D eigenvalue weighted by Gasteiger charge is 2.28. The second-order valence-electron chi connectivity index (χ2n) is 4.50. The van der Waals surface area contributed by atoms with E-state index in [-0.39, 0.29) is 13.2 Å². The van der Waals surface area contributed by atoms with E-state index in [0.29, 0.717) is 13.0 Å². The van der Waals surface area contributed by atoms with Crippen molar-refractivity contribution in [1.29, 1.82) is 0 Å². The van der Waals surface area contributed by atoms with Crippen molar-refractivity contribution in [3.63, 3.8) is 0 Å². The molecule has 6 nitrogen and oxygen atoms in total. The number of ether oxygens (including phenoxy) is 3. The monoisotopic (exact) mass is 309 g/mol. The Kier molecular flexibility index (Phi) is 7.81. The molecule has 0 amide bonds. The third kappa shape index (κ3) is 5.63. The Morgan fingerprint density at radius 2 is 1.59 bits per heavy atom. The van der Waals surface area contributed by atoms with Gasteiger partial charge in [-0.1, -0.05) is 0 Å². The second kappa shape index (κ2) is 9.65. The van der Waals surface area contributed by atoms with Crippen molar-refractivity contribution in [3.8, 4) is 5.75 Å². The lowest BCUT2D eigenvalue weighted by molar-refractivity contribution is -0.161. The van der Waals surface area contributed by atoms with Crippen molar-refractivity contribution < 1.29 is 23.8 Å². The summed E-state index contributed by atoms with van der Waals surface area (Å²) in [6.07, 6.45) is 0.309. The van der Waals surface area contributed by atoms with E-state index in [1.54, 1.807) is 21.0 Å². The Bertz CT molecular complexity index is 454. The molecule has 0 fully saturated rings. The molecule has 0 aromatic heterocycles. The van der Waals surface area contributed by atoms with Crippen LogP contribution in [0, 0.1) is 5.92 Å². The van der Waals surface area contributed by atoms with E-state index in [0.717, 1.165) is 11.4 Å². The lowest BCUT2D eigenvalue weighted by Crippen LogP contribution is -2.30. The summed E-state index contributed by atoms with van der Waals surface area (Å²) < 4.78 is 14.9. The number of hydrogen-bond donors (Lipinski definition) is 1. The molecule has 0 aliphatic carbocycles. The SMILES string of the molecule is CCOC(=O)C(CCNc1ccc(OC)cc1)C(=O)OCC. The van der Waals surface area contributed by atoms with Crippen LogP contribution >= 0.6 is 0 Å². The van der Waals surface area contributed by atoms with Crippen LogP contribution in [0.25, 0.3) is 0 Å².